The summed E-state index contributed by atoms with van der Waals surface area (Å²) in [4.78, 5) is 44.2. The van der Waals surface area contributed by atoms with Crippen LogP contribution in [0.3, 0.4) is 0 Å². The second-order valence-electron chi connectivity index (χ2n) is 8.67. The summed E-state index contributed by atoms with van der Waals surface area (Å²) < 4.78 is 0. The predicted molar refractivity (Wildman–Crippen MR) is 123 cm³/mol. The number of hydrogen-bond acceptors (Lipinski definition) is 5. The van der Waals surface area contributed by atoms with Crippen LogP contribution in [0.4, 0.5) is 0 Å². The summed E-state index contributed by atoms with van der Waals surface area (Å²) in [5.74, 6) is 0.565. The number of carbonyl (C=O) groups excluding carboxylic acids is 3. The van der Waals surface area contributed by atoms with Gasteiger partial charge in [0.2, 0.25) is 11.8 Å². The van der Waals surface area contributed by atoms with Gasteiger partial charge in [-0.15, -0.1) is 11.3 Å². The summed E-state index contributed by atoms with van der Waals surface area (Å²) in [5.41, 5.74) is 0.955. The van der Waals surface area contributed by atoms with Gasteiger partial charge in [-0.05, 0) is 41.8 Å². The minimum atomic E-state index is -0.235. The minimum Gasteiger partial charge on any atom is -0.356 e. The van der Waals surface area contributed by atoms with E-state index in [-0.39, 0.29) is 36.2 Å². The Morgan fingerprint density at radius 2 is 2.00 bits per heavy atom. The van der Waals surface area contributed by atoms with E-state index < -0.39 is 0 Å². The van der Waals surface area contributed by atoms with Crippen molar-refractivity contribution >= 4 is 29.1 Å². The first-order valence-corrected chi connectivity index (χ1v) is 12.3. The van der Waals surface area contributed by atoms with Gasteiger partial charge >= 0.3 is 0 Å². The first-order valence-electron chi connectivity index (χ1n) is 11.4. The quantitative estimate of drug-likeness (QED) is 0.609. The molecule has 2 atom stereocenters. The molecule has 1 saturated carbocycles. The first kappa shape index (κ1) is 22.5. The van der Waals surface area contributed by atoms with Gasteiger partial charge in [0.15, 0.2) is 0 Å². The number of rotatable bonds is 9. The Morgan fingerprint density at radius 1 is 1.12 bits per heavy atom. The zero-order valence-corrected chi connectivity index (χ0v) is 19.0. The van der Waals surface area contributed by atoms with E-state index in [9.17, 15) is 14.4 Å². The molecule has 0 radical (unpaired) electrons. The second-order valence-corrected chi connectivity index (χ2v) is 9.61. The number of pyridine rings is 1. The fourth-order valence-corrected chi connectivity index (χ4v) is 5.20. The topological polar surface area (TPSA) is 91.4 Å². The Balaban J connectivity index is 1.35. The molecule has 3 amide bonds. The van der Waals surface area contributed by atoms with E-state index in [1.807, 2.05) is 28.5 Å². The van der Waals surface area contributed by atoms with Gasteiger partial charge in [-0.3, -0.25) is 19.4 Å². The minimum absolute atomic E-state index is 0.0477. The van der Waals surface area contributed by atoms with Crippen molar-refractivity contribution < 1.29 is 14.4 Å². The highest BCUT2D eigenvalue weighted by molar-refractivity contribution is 7.12. The van der Waals surface area contributed by atoms with Crippen LogP contribution in [0.2, 0.25) is 0 Å². The summed E-state index contributed by atoms with van der Waals surface area (Å²) in [6.45, 7) is 1.08. The summed E-state index contributed by atoms with van der Waals surface area (Å²) in [6.07, 6.45) is 9.63. The number of hydrogen-bond donors (Lipinski definition) is 2. The number of carbonyl (C=O) groups is 3. The monoisotopic (exact) mass is 454 g/mol. The van der Waals surface area contributed by atoms with Crippen LogP contribution in [-0.2, 0) is 9.59 Å². The van der Waals surface area contributed by atoms with E-state index in [1.165, 1.54) is 30.6 Å². The van der Waals surface area contributed by atoms with Gasteiger partial charge in [-0.2, -0.15) is 0 Å². The van der Waals surface area contributed by atoms with Gasteiger partial charge in [-0.1, -0.05) is 31.4 Å². The second kappa shape index (κ2) is 10.7. The third-order valence-electron chi connectivity index (χ3n) is 6.58. The van der Waals surface area contributed by atoms with Gasteiger partial charge in [0, 0.05) is 37.8 Å². The molecule has 2 aromatic rings. The molecule has 0 aromatic carbocycles. The molecule has 0 spiro atoms. The van der Waals surface area contributed by atoms with Gasteiger partial charge in [-0.25, -0.2) is 0 Å². The molecule has 2 fully saturated rings. The molecular weight excluding hydrogens is 424 g/mol. The Bertz CT molecular complexity index is 915. The molecule has 2 aliphatic rings. The zero-order chi connectivity index (χ0) is 22.3. The molecule has 4 rings (SSSR count). The number of amides is 3. The van der Waals surface area contributed by atoms with E-state index in [1.54, 1.807) is 18.5 Å². The lowest BCUT2D eigenvalue weighted by molar-refractivity contribution is -0.131. The Hall–Kier alpha value is -2.74. The fraction of sp³-hybridized carbons (Fsp3) is 0.500. The SMILES string of the molecule is O=C(CCC1CCC1)NC[C@H]1CCN(C(=O)CNC(=O)c2cccs2)[C@@H]1c1cccnc1. The van der Waals surface area contributed by atoms with Crippen molar-refractivity contribution in [2.45, 2.75) is 44.6 Å². The van der Waals surface area contributed by atoms with Crippen LogP contribution in [0.1, 0.15) is 59.8 Å². The molecule has 1 aliphatic carbocycles. The van der Waals surface area contributed by atoms with Gasteiger partial charge < -0.3 is 15.5 Å². The summed E-state index contributed by atoms with van der Waals surface area (Å²) in [7, 11) is 0. The maximum Gasteiger partial charge on any atom is 0.261 e. The van der Waals surface area contributed by atoms with E-state index in [2.05, 4.69) is 15.6 Å². The van der Waals surface area contributed by atoms with Crippen molar-refractivity contribution in [2.75, 3.05) is 19.6 Å². The summed E-state index contributed by atoms with van der Waals surface area (Å²) >= 11 is 1.35. The normalized spacial score (nSPS) is 20.6. The zero-order valence-electron chi connectivity index (χ0n) is 18.2. The maximum absolute atomic E-state index is 13.0. The van der Waals surface area contributed by atoms with Crippen LogP contribution < -0.4 is 10.6 Å². The van der Waals surface area contributed by atoms with E-state index in [0.717, 1.165) is 18.4 Å². The molecule has 1 saturated heterocycles. The van der Waals surface area contributed by atoms with E-state index in [0.29, 0.717) is 30.3 Å². The maximum atomic E-state index is 13.0. The van der Waals surface area contributed by atoms with Crippen molar-refractivity contribution in [3.05, 3.63) is 52.5 Å². The number of nitrogens with zero attached hydrogens (tertiary/aromatic N) is 2. The van der Waals surface area contributed by atoms with Crippen molar-refractivity contribution in [1.82, 2.24) is 20.5 Å². The highest BCUT2D eigenvalue weighted by Gasteiger charge is 2.38. The van der Waals surface area contributed by atoms with Gasteiger partial charge in [0.25, 0.3) is 5.91 Å². The van der Waals surface area contributed by atoms with Gasteiger partial charge in [0.05, 0.1) is 17.5 Å². The molecule has 3 heterocycles. The molecule has 1 aliphatic heterocycles. The highest BCUT2D eigenvalue weighted by atomic mass is 32.1. The Labute approximate surface area is 192 Å². The highest BCUT2D eigenvalue weighted by Crippen LogP contribution is 2.37. The number of likely N-dealkylation sites (tertiary alicyclic amines) is 1. The average Bonchev–Trinajstić information content (AvgIpc) is 3.45. The van der Waals surface area contributed by atoms with Crippen molar-refractivity contribution in [1.29, 1.82) is 0 Å². The van der Waals surface area contributed by atoms with E-state index >= 15 is 0 Å². The van der Waals surface area contributed by atoms with Crippen LogP contribution in [0, 0.1) is 11.8 Å². The van der Waals surface area contributed by atoms with E-state index in [4.69, 9.17) is 0 Å². The molecule has 7 nitrogen and oxygen atoms in total. The van der Waals surface area contributed by atoms with Crippen LogP contribution in [-0.4, -0.2) is 47.2 Å². The molecule has 0 unspecified atom stereocenters. The summed E-state index contributed by atoms with van der Waals surface area (Å²) in [6, 6.07) is 7.22. The molecule has 2 aromatic heterocycles. The number of nitrogens with one attached hydrogen (secondary N) is 2. The van der Waals surface area contributed by atoms with Crippen LogP contribution >= 0.6 is 11.3 Å². The fourth-order valence-electron chi connectivity index (χ4n) is 4.56. The molecular formula is C24H30N4O3S. The number of thiophene rings is 1. The molecule has 0 bridgehead atoms. The van der Waals surface area contributed by atoms with Crippen LogP contribution in [0.5, 0.6) is 0 Å². The summed E-state index contributed by atoms with van der Waals surface area (Å²) in [5, 5.41) is 7.66. The molecule has 2 N–H and O–H groups in total. The molecule has 32 heavy (non-hydrogen) atoms. The smallest absolute Gasteiger partial charge is 0.261 e. The lowest BCUT2D eigenvalue weighted by atomic mass is 9.82. The first-order chi connectivity index (χ1) is 15.6. The lowest BCUT2D eigenvalue weighted by Crippen LogP contribution is -2.41. The standard InChI is InChI=1S/C24H30N4O3S/c29-21(9-8-17-4-1-5-17)26-15-19-10-12-28(23(19)18-6-2-11-25-14-18)22(30)16-27-24(31)20-7-3-13-32-20/h2-3,6-7,11,13-14,17,19,23H,1,4-5,8-10,12,15-16H2,(H,26,29)(H,27,31)/t19-,23-/m1/s1. The van der Waals surface area contributed by atoms with Crippen LogP contribution in [0.25, 0.3) is 0 Å². The van der Waals surface area contributed by atoms with Crippen molar-refractivity contribution in [2.24, 2.45) is 11.8 Å². The number of aromatic nitrogens is 1. The largest absolute Gasteiger partial charge is 0.356 e. The average molecular weight is 455 g/mol. The van der Waals surface area contributed by atoms with Crippen molar-refractivity contribution in [3.63, 3.8) is 0 Å². The third kappa shape index (κ3) is 5.54. The van der Waals surface area contributed by atoms with Crippen molar-refractivity contribution in [3.8, 4) is 0 Å². The third-order valence-corrected chi connectivity index (χ3v) is 7.45. The predicted octanol–water partition coefficient (Wildman–Crippen LogP) is 3.16. The lowest BCUT2D eigenvalue weighted by Gasteiger charge is -2.29. The Kier molecular flexibility index (Phi) is 7.52. The van der Waals surface area contributed by atoms with Gasteiger partial charge in [0.1, 0.15) is 0 Å². The van der Waals surface area contributed by atoms with Crippen LogP contribution in [0.15, 0.2) is 42.0 Å². The molecule has 8 heteroatoms. The molecule has 170 valence electrons. The Morgan fingerprint density at radius 3 is 2.69 bits per heavy atom.